The van der Waals surface area contributed by atoms with Gasteiger partial charge in [0.15, 0.2) is 0 Å². The van der Waals surface area contributed by atoms with Crippen LogP contribution >= 0.6 is 11.3 Å². The van der Waals surface area contributed by atoms with Crippen LogP contribution in [-0.2, 0) is 6.61 Å². The third kappa shape index (κ3) is 4.03. The van der Waals surface area contributed by atoms with E-state index in [1.165, 1.54) is 11.3 Å². The summed E-state index contributed by atoms with van der Waals surface area (Å²) in [7, 11) is 0. The van der Waals surface area contributed by atoms with Crippen molar-refractivity contribution in [1.29, 1.82) is 0 Å². The number of ether oxygens (including phenoxy) is 1. The van der Waals surface area contributed by atoms with Gasteiger partial charge in [0.1, 0.15) is 23.5 Å². The van der Waals surface area contributed by atoms with Crippen molar-refractivity contribution in [3.63, 3.8) is 0 Å². The van der Waals surface area contributed by atoms with Crippen LogP contribution in [0.1, 0.15) is 21.6 Å². The molecule has 5 rings (SSSR count). The van der Waals surface area contributed by atoms with Gasteiger partial charge in [-0.1, -0.05) is 17.4 Å². The summed E-state index contributed by atoms with van der Waals surface area (Å²) in [4.78, 5) is 25.4. The van der Waals surface area contributed by atoms with Crippen LogP contribution in [0.2, 0.25) is 0 Å². The van der Waals surface area contributed by atoms with E-state index < -0.39 is 0 Å². The molecular formula is C22H18N6O2S. The normalized spacial score (nSPS) is 11.0. The first-order valence-corrected chi connectivity index (χ1v) is 10.4. The number of carbonyl (C=O) groups excluding carboxylic acids is 1. The molecule has 4 aromatic heterocycles. The molecule has 5 aromatic rings. The van der Waals surface area contributed by atoms with Crippen LogP contribution in [0.4, 0.5) is 5.13 Å². The SMILES string of the molecule is Cc1cccn2cc(COc3ccc(C(=O)NNc4nc5cnccc5s4)cc3)nc12. The average molecular weight is 430 g/mol. The van der Waals surface area contributed by atoms with Crippen molar-refractivity contribution in [2.24, 2.45) is 0 Å². The van der Waals surface area contributed by atoms with Crippen LogP contribution < -0.4 is 15.6 Å². The van der Waals surface area contributed by atoms with Gasteiger partial charge in [-0.25, -0.2) is 9.97 Å². The van der Waals surface area contributed by atoms with Gasteiger partial charge in [0.25, 0.3) is 5.91 Å². The monoisotopic (exact) mass is 430 g/mol. The third-order valence-electron chi connectivity index (χ3n) is 4.70. The number of aromatic nitrogens is 4. The zero-order valence-electron chi connectivity index (χ0n) is 16.6. The highest BCUT2D eigenvalue weighted by atomic mass is 32.1. The number of nitrogens with one attached hydrogen (secondary N) is 2. The van der Waals surface area contributed by atoms with E-state index in [-0.39, 0.29) is 5.91 Å². The van der Waals surface area contributed by atoms with E-state index >= 15 is 0 Å². The Morgan fingerprint density at radius 2 is 2.03 bits per heavy atom. The Hall–Kier alpha value is -3.98. The minimum absolute atomic E-state index is 0.264. The number of rotatable bonds is 6. The summed E-state index contributed by atoms with van der Waals surface area (Å²) >= 11 is 1.44. The second-order valence-electron chi connectivity index (χ2n) is 6.91. The fourth-order valence-corrected chi connectivity index (χ4v) is 3.94. The minimum atomic E-state index is -0.264. The van der Waals surface area contributed by atoms with Crippen molar-refractivity contribution in [3.05, 3.63) is 84.1 Å². The van der Waals surface area contributed by atoms with E-state index in [0.717, 1.165) is 27.1 Å². The molecule has 31 heavy (non-hydrogen) atoms. The van der Waals surface area contributed by atoms with Gasteiger partial charge in [0, 0.05) is 24.2 Å². The van der Waals surface area contributed by atoms with Crippen LogP contribution in [0.3, 0.4) is 0 Å². The Balaban J connectivity index is 1.18. The summed E-state index contributed by atoms with van der Waals surface area (Å²) in [5, 5.41) is 0.596. The van der Waals surface area contributed by atoms with Crippen LogP contribution in [0.5, 0.6) is 5.75 Å². The molecular weight excluding hydrogens is 412 g/mol. The molecule has 0 unspecified atom stereocenters. The standard InChI is InChI=1S/C22H18N6O2S/c1-14-3-2-10-28-12-16(24-20(14)28)13-30-17-6-4-15(5-7-17)21(29)26-27-22-25-18-11-23-9-8-19(18)31-22/h2-12H,13H2,1H3,(H,25,27)(H,26,29). The van der Waals surface area contributed by atoms with E-state index in [9.17, 15) is 4.79 Å². The van der Waals surface area contributed by atoms with E-state index in [1.54, 1.807) is 36.7 Å². The molecule has 0 aliphatic heterocycles. The number of anilines is 1. The van der Waals surface area contributed by atoms with Crippen molar-refractivity contribution >= 4 is 38.2 Å². The summed E-state index contributed by atoms with van der Waals surface area (Å²) < 4.78 is 8.80. The summed E-state index contributed by atoms with van der Waals surface area (Å²) in [6.45, 7) is 2.38. The van der Waals surface area contributed by atoms with Gasteiger partial charge >= 0.3 is 0 Å². The lowest BCUT2D eigenvalue weighted by Crippen LogP contribution is -2.29. The molecule has 0 saturated heterocycles. The molecule has 0 atom stereocenters. The molecule has 4 heterocycles. The number of imidazole rings is 1. The molecule has 8 nitrogen and oxygen atoms in total. The van der Waals surface area contributed by atoms with Gasteiger partial charge in [-0.3, -0.25) is 20.6 Å². The lowest BCUT2D eigenvalue weighted by molar-refractivity contribution is 0.0962. The fraction of sp³-hybridized carbons (Fsp3) is 0.0909. The maximum absolute atomic E-state index is 12.4. The van der Waals surface area contributed by atoms with Gasteiger partial charge in [0.05, 0.1) is 16.6 Å². The number of hydrogen-bond donors (Lipinski definition) is 2. The molecule has 0 saturated carbocycles. The Morgan fingerprint density at radius 1 is 1.16 bits per heavy atom. The number of nitrogens with zero attached hydrogens (tertiary/aromatic N) is 4. The number of amides is 1. The zero-order valence-corrected chi connectivity index (χ0v) is 17.4. The number of carbonyl (C=O) groups is 1. The van der Waals surface area contributed by atoms with Gasteiger partial charge in [0.2, 0.25) is 5.13 Å². The van der Waals surface area contributed by atoms with Gasteiger partial charge in [-0.15, -0.1) is 0 Å². The van der Waals surface area contributed by atoms with E-state index in [0.29, 0.717) is 23.1 Å². The molecule has 1 amide bonds. The van der Waals surface area contributed by atoms with Crippen LogP contribution in [0, 0.1) is 6.92 Å². The molecule has 154 valence electrons. The number of hydrazine groups is 1. The fourth-order valence-electron chi connectivity index (χ4n) is 3.15. The Bertz CT molecular complexity index is 1340. The highest BCUT2D eigenvalue weighted by molar-refractivity contribution is 7.22. The van der Waals surface area contributed by atoms with Crippen molar-refractivity contribution in [2.45, 2.75) is 13.5 Å². The van der Waals surface area contributed by atoms with Crippen molar-refractivity contribution in [1.82, 2.24) is 24.8 Å². The van der Waals surface area contributed by atoms with Crippen molar-refractivity contribution < 1.29 is 9.53 Å². The largest absolute Gasteiger partial charge is 0.487 e. The van der Waals surface area contributed by atoms with Gasteiger partial charge in [-0.05, 0) is 48.9 Å². The van der Waals surface area contributed by atoms with Gasteiger partial charge < -0.3 is 9.14 Å². The van der Waals surface area contributed by atoms with Gasteiger partial charge in [-0.2, -0.15) is 0 Å². The average Bonchev–Trinajstić information content (AvgIpc) is 3.41. The highest BCUT2D eigenvalue weighted by Gasteiger charge is 2.09. The molecule has 0 spiro atoms. The Labute approximate surface area is 181 Å². The lowest BCUT2D eigenvalue weighted by atomic mass is 10.2. The molecule has 9 heteroatoms. The van der Waals surface area contributed by atoms with E-state index in [1.807, 2.05) is 41.9 Å². The van der Waals surface area contributed by atoms with E-state index in [2.05, 4.69) is 25.8 Å². The second-order valence-corrected chi connectivity index (χ2v) is 7.94. The first-order valence-electron chi connectivity index (χ1n) is 9.59. The lowest BCUT2D eigenvalue weighted by Gasteiger charge is -2.07. The molecule has 0 aliphatic rings. The molecule has 0 radical (unpaired) electrons. The van der Waals surface area contributed by atoms with Crippen molar-refractivity contribution in [3.8, 4) is 5.75 Å². The number of aryl methyl sites for hydroxylation is 1. The molecule has 2 N–H and O–H groups in total. The molecule has 1 aromatic carbocycles. The topological polar surface area (TPSA) is 93.4 Å². The van der Waals surface area contributed by atoms with Crippen LogP contribution in [-0.4, -0.2) is 25.3 Å². The molecule has 0 aliphatic carbocycles. The smallest absolute Gasteiger partial charge is 0.269 e. The van der Waals surface area contributed by atoms with Crippen LogP contribution in [0.15, 0.2) is 67.3 Å². The van der Waals surface area contributed by atoms with E-state index in [4.69, 9.17) is 4.74 Å². The second kappa shape index (κ2) is 8.04. The summed E-state index contributed by atoms with van der Waals surface area (Å²) in [6, 6.07) is 12.8. The highest BCUT2D eigenvalue weighted by Crippen LogP contribution is 2.24. The van der Waals surface area contributed by atoms with Crippen molar-refractivity contribution in [2.75, 3.05) is 5.43 Å². The number of benzene rings is 1. The number of thiazole rings is 1. The quantitative estimate of drug-likeness (QED) is 0.396. The maximum Gasteiger partial charge on any atom is 0.269 e. The summed E-state index contributed by atoms with van der Waals surface area (Å²) in [6.07, 6.45) is 7.31. The summed E-state index contributed by atoms with van der Waals surface area (Å²) in [5.41, 5.74) is 9.67. The maximum atomic E-state index is 12.4. The molecule has 0 fully saturated rings. The first kappa shape index (κ1) is 19.0. The predicted octanol–water partition coefficient (Wildman–Crippen LogP) is 3.98. The Kier molecular flexibility index (Phi) is 4.93. The predicted molar refractivity (Wildman–Crippen MR) is 119 cm³/mol. The Morgan fingerprint density at radius 3 is 2.84 bits per heavy atom. The van der Waals surface area contributed by atoms with Crippen LogP contribution in [0.25, 0.3) is 15.9 Å². The third-order valence-corrected chi connectivity index (χ3v) is 5.66. The molecule has 0 bridgehead atoms. The number of pyridine rings is 2. The number of hydrogen-bond acceptors (Lipinski definition) is 7. The first-order chi connectivity index (χ1) is 15.2. The minimum Gasteiger partial charge on any atom is -0.487 e. The number of fused-ring (bicyclic) bond motifs is 2. The zero-order chi connectivity index (χ0) is 21.2. The summed E-state index contributed by atoms with van der Waals surface area (Å²) in [5.74, 6) is 0.400.